The van der Waals surface area contributed by atoms with Crippen molar-refractivity contribution in [3.8, 4) is 0 Å². The van der Waals surface area contributed by atoms with Crippen LogP contribution in [-0.2, 0) is 36.1 Å². The predicted octanol–water partition coefficient (Wildman–Crippen LogP) is 6.33. The van der Waals surface area contributed by atoms with Crippen molar-refractivity contribution in [1.82, 2.24) is 15.2 Å². The molecule has 2 saturated heterocycles. The summed E-state index contributed by atoms with van der Waals surface area (Å²) in [5, 5.41) is 23.6. The number of benzene rings is 4. The molecule has 0 radical (unpaired) electrons. The Balaban J connectivity index is 1.05. The molecule has 2 N–H and O–H groups in total. The SMILES string of the molecule is CON=C(C(=O)NC1C(=O)N2CC(CBr)(C(=O)OCc3ccc([N+](=O)[O-])cc3)CS[C@H]12)c1csc(NC(c2ccccc2)(c2ccccc2)c2ccccc2)n1. The molecule has 7 rings (SSSR count). The molecule has 0 bridgehead atoms. The number of anilines is 1. The number of nitro benzene ring substituents is 1. The molecule has 286 valence electrons. The number of thiazole rings is 1. The first-order valence-electron chi connectivity index (χ1n) is 17.4. The highest BCUT2D eigenvalue weighted by atomic mass is 79.9. The van der Waals surface area contributed by atoms with Crippen LogP contribution in [0.2, 0.25) is 0 Å². The first-order chi connectivity index (χ1) is 27.2. The second kappa shape index (κ2) is 16.6. The van der Waals surface area contributed by atoms with Crippen molar-refractivity contribution in [3.05, 3.63) is 159 Å². The van der Waals surface area contributed by atoms with E-state index in [1.165, 1.54) is 54.5 Å². The first-order valence-corrected chi connectivity index (χ1v) is 20.5. The van der Waals surface area contributed by atoms with E-state index in [1.54, 1.807) is 10.3 Å². The molecule has 3 heterocycles. The van der Waals surface area contributed by atoms with E-state index in [1.807, 2.05) is 54.6 Å². The molecule has 13 nitrogen and oxygen atoms in total. The normalized spacial score (nSPS) is 19.3. The summed E-state index contributed by atoms with van der Waals surface area (Å²) in [6.45, 7) is 0.0137. The lowest BCUT2D eigenvalue weighted by Crippen LogP contribution is -2.74. The summed E-state index contributed by atoms with van der Waals surface area (Å²) in [5.41, 5.74) is 1.76. The zero-order valence-corrected chi connectivity index (χ0v) is 33.1. The molecule has 1 aromatic heterocycles. The maximum Gasteiger partial charge on any atom is 0.315 e. The van der Waals surface area contributed by atoms with E-state index in [-0.39, 0.29) is 41.5 Å². The van der Waals surface area contributed by atoms with Crippen LogP contribution in [-0.4, -0.2) is 74.5 Å². The summed E-state index contributed by atoms with van der Waals surface area (Å²) in [5.74, 6) is -1.16. The van der Waals surface area contributed by atoms with Crippen LogP contribution in [0.4, 0.5) is 10.8 Å². The van der Waals surface area contributed by atoms with Gasteiger partial charge in [0.1, 0.15) is 41.8 Å². The minimum absolute atomic E-state index is 0.0637. The van der Waals surface area contributed by atoms with E-state index < -0.39 is 39.2 Å². The van der Waals surface area contributed by atoms with Crippen molar-refractivity contribution in [1.29, 1.82) is 0 Å². The summed E-state index contributed by atoms with van der Waals surface area (Å²) in [7, 11) is 1.33. The fourth-order valence-electron chi connectivity index (χ4n) is 6.79. The van der Waals surface area contributed by atoms with Crippen LogP contribution >= 0.6 is 39.0 Å². The number of alkyl halides is 1. The largest absolute Gasteiger partial charge is 0.460 e. The lowest BCUT2D eigenvalue weighted by molar-refractivity contribution is -0.384. The molecule has 3 atom stereocenters. The lowest BCUT2D eigenvalue weighted by Gasteiger charge is -2.53. The fourth-order valence-corrected chi connectivity index (χ4v) is 9.94. The average molecular weight is 856 g/mol. The Morgan fingerprint density at radius 1 is 0.982 bits per heavy atom. The molecular formula is C40H35BrN6O7S2. The number of amides is 2. The van der Waals surface area contributed by atoms with Gasteiger partial charge in [-0.3, -0.25) is 24.5 Å². The van der Waals surface area contributed by atoms with Gasteiger partial charge in [-0.15, -0.1) is 23.1 Å². The van der Waals surface area contributed by atoms with E-state index in [2.05, 4.69) is 68.1 Å². The highest BCUT2D eigenvalue weighted by Crippen LogP contribution is 2.44. The Hall–Kier alpha value is -5.58. The monoisotopic (exact) mass is 854 g/mol. The van der Waals surface area contributed by atoms with Gasteiger partial charge >= 0.3 is 5.97 Å². The molecule has 4 aromatic carbocycles. The number of nitro groups is 1. The van der Waals surface area contributed by atoms with E-state index in [9.17, 15) is 24.5 Å². The Morgan fingerprint density at radius 2 is 1.57 bits per heavy atom. The van der Waals surface area contributed by atoms with Gasteiger partial charge in [0.15, 0.2) is 10.8 Å². The molecule has 2 amide bonds. The maximum absolute atomic E-state index is 13.8. The Bertz CT molecular complexity index is 2150. The van der Waals surface area contributed by atoms with Gasteiger partial charge in [0.05, 0.1) is 4.92 Å². The summed E-state index contributed by atoms with van der Waals surface area (Å²) in [4.78, 5) is 62.6. The highest BCUT2D eigenvalue weighted by Gasteiger charge is 2.57. The van der Waals surface area contributed by atoms with Gasteiger partial charge < -0.3 is 25.1 Å². The lowest BCUT2D eigenvalue weighted by atomic mass is 9.77. The third kappa shape index (κ3) is 7.51. The van der Waals surface area contributed by atoms with Crippen LogP contribution < -0.4 is 10.6 Å². The third-order valence-electron chi connectivity index (χ3n) is 9.70. The average Bonchev–Trinajstić information content (AvgIpc) is 3.71. The molecule has 0 spiro atoms. The highest BCUT2D eigenvalue weighted by molar-refractivity contribution is 9.09. The number of β-lactam (4-membered cyclic amide) rings is 1. The number of hydrogen-bond acceptors (Lipinski definition) is 12. The van der Waals surface area contributed by atoms with Crippen LogP contribution in [0, 0.1) is 15.5 Å². The number of hydrogen-bond donors (Lipinski definition) is 2. The number of carbonyl (C=O) groups is 3. The van der Waals surface area contributed by atoms with Crippen molar-refractivity contribution in [2.75, 3.05) is 30.1 Å². The summed E-state index contributed by atoms with van der Waals surface area (Å²) >= 11 is 6.13. The number of ether oxygens (including phenoxy) is 1. The number of thioether (sulfide) groups is 1. The van der Waals surface area contributed by atoms with Gasteiger partial charge in [0.25, 0.3) is 11.6 Å². The minimum Gasteiger partial charge on any atom is -0.460 e. The molecule has 0 aliphatic carbocycles. The molecule has 2 unspecified atom stereocenters. The maximum atomic E-state index is 13.8. The standard InChI is InChI=1S/C40H35BrN6O7S2/c1-53-45-32(31-22-55-38(42-31)44-40(27-11-5-2-6-12-27,28-13-7-3-8-14-28)29-15-9-4-10-16-29)34(48)43-33-35(49)46-24-39(23-41,25-56-36(33)46)37(50)54-21-26-17-19-30(20-18-26)47(51)52/h2-20,22,33,36H,21,23-25H2,1H3,(H,42,44)(H,43,48)/t33?,36-,39?/m1/s1. The molecule has 2 fully saturated rings. The van der Waals surface area contributed by atoms with Crippen molar-refractivity contribution in [2.24, 2.45) is 10.6 Å². The molecular weight excluding hydrogens is 821 g/mol. The van der Waals surface area contributed by atoms with Crippen LogP contribution in [0.5, 0.6) is 0 Å². The second-order valence-electron chi connectivity index (χ2n) is 13.2. The number of nitrogens with zero attached hydrogens (tertiary/aromatic N) is 4. The van der Waals surface area contributed by atoms with Crippen LogP contribution in [0.15, 0.2) is 126 Å². The van der Waals surface area contributed by atoms with E-state index >= 15 is 0 Å². The topological polar surface area (TPSA) is 165 Å². The second-order valence-corrected chi connectivity index (χ2v) is 15.7. The molecule has 0 saturated carbocycles. The number of nitrogens with one attached hydrogen (secondary N) is 2. The molecule has 5 aromatic rings. The number of fused-ring (bicyclic) bond motifs is 1. The Labute approximate surface area is 338 Å². The third-order valence-corrected chi connectivity index (χ3v) is 13.1. The summed E-state index contributed by atoms with van der Waals surface area (Å²) in [6.07, 6.45) is 0. The van der Waals surface area contributed by atoms with Gasteiger partial charge in [-0.25, -0.2) is 4.98 Å². The van der Waals surface area contributed by atoms with Crippen molar-refractivity contribution < 1.29 is 28.9 Å². The number of halogens is 1. The van der Waals surface area contributed by atoms with E-state index in [4.69, 9.17) is 14.6 Å². The van der Waals surface area contributed by atoms with Gasteiger partial charge in [-0.2, -0.15) is 0 Å². The first kappa shape index (κ1) is 38.7. The number of rotatable bonds is 14. The van der Waals surface area contributed by atoms with Gasteiger partial charge in [-0.05, 0) is 34.4 Å². The number of esters is 1. The Kier molecular flexibility index (Phi) is 11.5. The van der Waals surface area contributed by atoms with Crippen LogP contribution in [0.1, 0.15) is 27.9 Å². The van der Waals surface area contributed by atoms with Gasteiger partial charge in [0.2, 0.25) is 5.91 Å². The Morgan fingerprint density at radius 3 is 2.11 bits per heavy atom. The van der Waals surface area contributed by atoms with E-state index in [0.717, 1.165) is 16.7 Å². The number of oxime groups is 1. The number of non-ortho nitro benzene ring substituents is 1. The van der Waals surface area contributed by atoms with Crippen molar-refractivity contribution in [3.63, 3.8) is 0 Å². The number of aromatic nitrogens is 1. The zero-order valence-electron chi connectivity index (χ0n) is 29.9. The molecule has 56 heavy (non-hydrogen) atoms. The van der Waals surface area contributed by atoms with E-state index in [0.29, 0.717) is 16.4 Å². The minimum atomic E-state index is -1.03. The van der Waals surface area contributed by atoms with Crippen LogP contribution in [0.25, 0.3) is 0 Å². The quantitative estimate of drug-likeness (QED) is 0.0245. The zero-order chi connectivity index (χ0) is 39.3. The number of carbonyl (C=O) groups excluding carboxylic acids is 3. The smallest absolute Gasteiger partial charge is 0.315 e. The molecule has 2 aliphatic rings. The summed E-state index contributed by atoms with van der Waals surface area (Å²) in [6, 6.07) is 35.1. The molecule has 16 heteroatoms. The van der Waals surface area contributed by atoms with Gasteiger partial charge in [-0.1, -0.05) is 112 Å². The fraction of sp³-hybridized carbons (Fsp3) is 0.225. The van der Waals surface area contributed by atoms with Crippen molar-refractivity contribution >= 4 is 73.3 Å². The molecule has 2 aliphatic heterocycles. The summed E-state index contributed by atoms with van der Waals surface area (Å²) < 4.78 is 5.61. The van der Waals surface area contributed by atoms with Crippen LogP contribution in [0.3, 0.4) is 0 Å². The van der Waals surface area contributed by atoms with Crippen molar-refractivity contribution in [2.45, 2.75) is 23.6 Å². The van der Waals surface area contributed by atoms with Gasteiger partial charge in [0, 0.05) is 35.1 Å². The predicted molar refractivity (Wildman–Crippen MR) is 217 cm³/mol.